The molecule has 0 aliphatic carbocycles. The zero-order chi connectivity index (χ0) is 43.2. The molecule has 0 fully saturated rings. The van der Waals surface area contributed by atoms with Crippen molar-refractivity contribution < 1.29 is 19.2 Å². The highest BCUT2D eigenvalue weighted by atomic mass is 16.2. The maximum Gasteiger partial charge on any atom is 0.276 e. The summed E-state index contributed by atoms with van der Waals surface area (Å²) in [5.41, 5.74) is 20.7. The predicted molar refractivity (Wildman–Crippen MR) is 235 cm³/mol. The summed E-state index contributed by atoms with van der Waals surface area (Å²) >= 11 is 0. The molecule has 0 bridgehead atoms. The van der Waals surface area contributed by atoms with Crippen molar-refractivity contribution in [3.8, 4) is 0 Å². The van der Waals surface area contributed by atoms with E-state index in [-0.39, 0.29) is 5.91 Å². The van der Waals surface area contributed by atoms with Crippen LogP contribution in [0.4, 0.5) is 11.9 Å². The van der Waals surface area contributed by atoms with Crippen molar-refractivity contribution >= 4 is 58.0 Å². The number of primary amides is 2. The number of nitrogens with two attached hydrogens (primary N) is 2. The van der Waals surface area contributed by atoms with E-state index in [0.717, 1.165) is 84.4 Å². The van der Waals surface area contributed by atoms with Gasteiger partial charge < -0.3 is 25.9 Å². The van der Waals surface area contributed by atoms with Crippen molar-refractivity contribution in [3.63, 3.8) is 0 Å². The van der Waals surface area contributed by atoms with Gasteiger partial charge in [-0.05, 0) is 113 Å². The second kappa shape index (κ2) is 18.4. The van der Waals surface area contributed by atoms with Gasteiger partial charge in [0.25, 0.3) is 5.91 Å². The molecule has 0 aliphatic rings. The summed E-state index contributed by atoms with van der Waals surface area (Å²) in [6.45, 7) is 8.14. The topological polar surface area (TPSA) is 216 Å². The normalized spacial score (nSPS) is 11.4. The van der Waals surface area contributed by atoms with Gasteiger partial charge in [0.2, 0.25) is 23.7 Å². The first-order chi connectivity index (χ1) is 29.5. The van der Waals surface area contributed by atoms with E-state index in [0.29, 0.717) is 72.0 Å². The Labute approximate surface area is 353 Å². The molecule has 16 nitrogen and oxygen atoms in total. The monoisotopic (exact) mass is 824 g/mol. The third kappa shape index (κ3) is 9.22. The van der Waals surface area contributed by atoms with Crippen molar-refractivity contribution in [1.82, 2.24) is 38.7 Å². The number of hydrogen-bond donors (Lipinski definition) is 4. The zero-order valence-electron chi connectivity index (χ0n) is 35.1. The second-order valence-electron chi connectivity index (χ2n) is 15.3. The minimum absolute atomic E-state index is 0.311. The Kier molecular flexibility index (Phi) is 12.7. The number of imidazole rings is 2. The summed E-state index contributed by atoms with van der Waals surface area (Å²) in [4.78, 5) is 59.0. The quantitative estimate of drug-likeness (QED) is 0.0522. The number of fused-ring (bicyclic) bond motifs is 2. The molecule has 6 N–H and O–H groups in total. The molecule has 3 amide bonds. The van der Waals surface area contributed by atoms with Crippen molar-refractivity contribution in [2.45, 2.75) is 91.9 Å². The molecule has 0 unspecified atom stereocenters. The van der Waals surface area contributed by atoms with Crippen molar-refractivity contribution in [1.29, 1.82) is 0 Å². The van der Waals surface area contributed by atoms with Crippen molar-refractivity contribution in [3.05, 3.63) is 117 Å². The van der Waals surface area contributed by atoms with Gasteiger partial charge in [0.15, 0.2) is 6.29 Å². The average Bonchev–Trinajstić information content (AvgIpc) is 3.99. The number of benzene rings is 3. The van der Waals surface area contributed by atoms with Crippen LogP contribution in [0, 0.1) is 13.8 Å². The molecule has 0 saturated heterocycles. The first kappa shape index (κ1) is 42.0. The lowest BCUT2D eigenvalue weighted by atomic mass is 10.0. The fourth-order valence-electron chi connectivity index (χ4n) is 8.07. The van der Waals surface area contributed by atoms with Gasteiger partial charge in [-0.2, -0.15) is 10.2 Å². The van der Waals surface area contributed by atoms with Gasteiger partial charge in [-0.15, -0.1) is 0 Å². The van der Waals surface area contributed by atoms with E-state index in [1.54, 1.807) is 39.7 Å². The Balaban J connectivity index is 1.05. The number of aryl methyl sites for hydroxylation is 8. The van der Waals surface area contributed by atoms with Crippen molar-refractivity contribution in [2.24, 2.45) is 11.5 Å². The Morgan fingerprint density at radius 3 is 2.00 bits per heavy atom. The van der Waals surface area contributed by atoms with Crippen LogP contribution in [0.5, 0.6) is 0 Å². The SMILES string of the molecule is CCn1nc(C)c(CCCCCn2nc(C)cc2C=O)c1C(=O)Nc1nc2cc(C(N)=O)ccc2n1CCc1cccc(CCCn2c(NC)nc3cc(C(N)=O)ccc32)c1. The third-order valence-electron chi connectivity index (χ3n) is 11.1. The van der Waals surface area contributed by atoms with E-state index >= 15 is 0 Å². The number of nitrogens with zero attached hydrogens (tertiary/aromatic N) is 8. The summed E-state index contributed by atoms with van der Waals surface area (Å²) < 4.78 is 7.57. The van der Waals surface area contributed by atoms with Gasteiger partial charge in [-0.1, -0.05) is 30.7 Å². The summed E-state index contributed by atoms with van der Waals surface area (Å²) in [6.07, 6.45) is 6.39. The van der Waals surface area contributed by atoms with Crippen LogP contribution in [0.1, 0.15) is 102 Å². The molecular weight excluding hydrogens is 773 g/mol. The Morgan fingerprint density at radius 2 is 1.36 bits per heavy atom. The molecule has 61 heavy (non-hydrogen) atoms. The number of amides is 3. The standard InChI is InChI=1S/C45H52N12O4/c1-5-56-40(35(29(3)53-56)14-7-6-8-21-57-34(27-58)23-28(2)52-57)43(61)51-45-50-37-26-33(42(47)60)16-18-39(37)55(45)22-19-31-12-9-11-30(24-31)13-10-20-54-38-17-15-32(41(46)59)25-36(38)49-44(54)48-4/h9,11-12,15-18,23-27H,5-8,10,13-14,19-22H2,1-4H3,(H2,46,59)(H2,47,60)(H,48,49)(H,50,51,61). The van der Waals surface area contributed by atoms with Gasteiger partial charge >= 0.3 is 0 Å². The molecule has 0 aliphatic heterocycles. The van der Waals surface area contributed by atoms with Gasteiger partial charge in [-0.25, -0.2) is 9.97 Å². The summed E-state index contributed by atoms with van der Waals surface area (Å²) in [7, 11) is 1.83. The van der Waals surface area contributed by atoms with Gasteiger partial charge in [0, 0.05) is 49.9 Å². The molecule has 16 heteroatoms. The highest BCUT2D eigenvalue weighted by Crippen LogP contribution is 2.26. The van der Waals surface area contributed by atoms with E-state index in [4.69, 9.17) is 21.5 Å². The lowest BCUT2D eigenvalue weighted by Gasteiger charge is -2.13. The van der Waals surface area contributed by atoms with Crippen LogP contribution in [0.2, 0.25) is 0 Å². The summed E-state index contributed by atoms with van der Waals surface area (Å²) in [5.74, 6) is -0.275. The number of rotatable bonds is 20. The number of carbonyl (C=O) groups excluding carboxylic acids is 4. The number of carbonyl (C=O) groups is 4. The molecule has 3 aromatic carbocycles. The number of unbranched alkanes of at least 4 members (excludes halogenated alkanes) is 2. The maximum atomic E-state index is 14.3. The van der Waals surface area contributed by atoms with Crippen LogP contribution in [-0.2, 0) is 45.4 Å². The molecule has 0 atom stereocenters. The minimum Gasteiger partial charge on any atom is -0.366 e. The predicted octanol–water partition coefficient (Wildman–Crippen LogP) is 6.01. The molecule has 0 saturated carbocycles. The smallest absolute Gasteiger partial charge is 0.276 e. The molecule has 4 heterocycles. The van der Waals surface area contributed by atoms with Crippen LogP contribution < -0.4 is 22.1 Å². The van der Waals surface area contributed by atoms with E-state index < -0.39 is 11.8 Å². The van der Waals surface area contributed by atoms with E-state index in [1.165, 1.54) is 5.56 Å². The van der Waals surface area contributed by atoms with Crippen molar-refractivity contribution in [2.75, 3.05) is 17.7 Å². The third-order valence-corrected chi connectivity index (χ3v) is 11.1. The first-order valence-electron chi connectivity index (χ1n) is 20.7. The Bertz CT molecular complexity index is 2750. The van der Waals surface area contributed by atoms with E-state index in [9.17, 15) is 19.2 Å². The molecule has 4 aromatic heterocycles. The maximum absolute atomic E-state index is 14.3. The van der Waals surface area contributed by atoms with Crippen LogP contribution >= 0.6 is 0 Å². The fraction of sp³-hybridized carbons (Fsp3) is 0.333. The number of hydrogen-bond acceptors (Lipinski definition) is 9. The van der Waals surface area contributed by atoms with Crippen LogP contribution in [-0.4, -0.2) is 69.7 Å². The lowest BCUT2D eigenvalue weighted by Crippen LogP contribution is -2.21. The van der Waals surface area contributed by atoms with Crippen LogP contribution in [0.25, 0.3) is 22.1 Å². The Hall–Kier alpha value is -7.10. The number of nitrogens with one attached hydrogen (secondary N) is 2. The van der Waals surface area contributed by atoms with Gasteiger partial charge in [0.1, 0.15) is 11.4 Å². The number of aldehydes is 1. The first-order valence-corrected chi connectivity index (χ1v) is 20.7. The highest BCUT2D eigenvalue weighted by molar-refractivity contribution is 6.04. The fourth-order valence-corrected chi connectivity index (χ4v) is 8.07. The lowest BCUT2D eigenvalue weighted by molar-refractivity contribution is 0.0992. The van der Waals surface area contributed by atoms with Crippen LogP contribution in [0.15, 0.2) is 66.7 Å². The largest absolute Gasteiger partial charge is 0.366 e. The van der Waals surface area contributed by atoms with Crippen LogP contribution in [0.3, 0.4) is 0 Å². The van der Waals surface area contributed by atoms with E-state index in [1.807, 2.05) is 44.5 Å². The van der Waals surface area contributed by atoms with Gasteiger partial charge in [0.05, 0.1) is 33.5 Å². The molecule has 7 rings (SSSR count). The minimum atomic E-state index is -0.560. The zero-order valence-corrected chi connectivity index (χ0v) is 35.1. The molecular formula is C45H52N12O4. The highest BCUT2D eigenvalue weighted by Gasteiger charge is 2.24. The van der Waals surface area contributed by atoms with E-state index in [2.05, 4.69) is 49.5 Å². The Morgan fingerprint density at radius 1 is 0.705 bits per heavy atom. The molecule has 0 radical (unpaired) electrons. The molecule has 0 spiro atoms. The second-order valence-corrected chi connectivity index (χ2v) is 15.3. The molecule has 316 valence electrons. The average molecular weight is 825 g/mol. The summed E-state index contributed by atoms with van der Waals surface area (Å²) in [6, 6.07) is 20.7. The number of aromatic nitrogens is 8. The van der Waals surface area contributed by atoms with Gasteiger partial charge in [-0.3, -0.25) is 33.9 Å². The molecule has 7 aromatic rings. The summed E-state index contributed by atoms with van der Waals surface area (Å²) in [5, 5.41) is 15.4. The number of anilines is 2.